The Morgan fingerprint density at radius 3 is 2.29 bits per heavy atom. The molecular formula is C23H30Cl3N3O5. The lowest BCUT2D eigenvalue weighted by atomic mass is 9.81. The van der Waals surface area contributed by atoms with Crippen LogP contribution in [0.5, 0.6) is 5.75 Å². The third-order valence-electron chi connectivity index (χ3n) is 6.60. The molecule has 3 rings (SSSR count). The van der Waals surface area contributed by atoms with Crippen LogP contribution in [-0.2, 0) is 14.4 Å². The van der Waals surface area contributed by atoms with Gasteiger partial charge in [-0.1, -0.05) is 54.1 Å². The monoisotopic (exact) mass is 533 g/mol. The Hall–Kier alpha value is -1.74. The molecule has 1 unspecified atom stereocenters. The molecule has 1 aliphatic carbocycles. The van der Waals surface area contributed by atoms with Crippen molar-refractivity contribution in [2.75, 3.05) is 33.3 Å². The van der Waals surface area contributed by atoms with Gasteiger partial charge in [0.2, 0.25) is 5.91 Å². The van der Waals surface area contributed by atoms with Crippen LogP contribution in [-0.4, -0.2) is 77.6 Å². The summed E-state index contributed by atoms with van der Waals surface area (Å²) in [6.07, 6.45) is 5.19. The van der Waals surface area contributed by atoms with Crippen molar-refractivity contribution < 1.29 is 24.2 Å². The minimum absolute atomic E-state index is 0.199. The Morgan fingerprint density at radius 1 is 1.06 bits per heavy atom. The van der Waals surface area contributed by atoms with E-state index in [9.17, 15) is 19.5 Å². The maximum Gasteiger partial charge on any atom is 0.329 e. The summed E-state index contributed by atoms with van der Waals surface area (Å²) in [6, 6.07) is 1.98. The summed E-state index contributed by atoms with van der Waals surface area (Å²) < 4.78 is 5.56. The van der Waals surface area contributed by atoms with Crippen molar-refractivity contribution in [2.45, 2.75) is 56.5 Å². The van der Waals surface area contributed by atoms with Gasteiger partial charge in [-0.15, -0.1) is 0 Å². The SMILES string of the molecule is CN(C(=O)COc1cc(Cl)c(Cl)cc1Cl)C(CN1CCCC1)C(=O)NC1(C(=O)O)CCCCC1. The van der Waals surface area contributed by atoms with E-state index >= 15 is 0 Å². The molecule has 2 N–H and O–H groups in total. The van der Waals surface area contributed by atoms with E-state index in [1.165, 1.54) is 24.1 Å². The highest BCUT2D eigenvalue weighted by molar-refractivity contribution is 6.43. The molecule has 1 saturated heterocycles. The molecule has 1 aromatic carbocycles. The molecule has 0 radical (unpaired) electrons. The smallest absolute Gasteiger partial charge is 0.329 e. The summed E-state index contributed by atoms with van der Waals surface area (Å²) in [5.41, 5.74) is -1.30. The van der Waals surface area contributed by atoms with Gasteiger partial charge >= 0.3 is 5.97 Å². The van der Waals surface area contributed by atoms with E-state index in [2.05, 4.69) is 10.2 Å². The molecule has 2 amide bonds. The fourth-order valence-corrected chi connectivity index (χ4v) is 5.08. The number of carbonyl (C=O) groups excluding carboxylic acids is 2. The average molecular weight is 535 g/mol. The van der Waals surface area contributed by atoms with E-state index in [-0.39, 0.29) is 27.4 Å². The minimum Gasteiger partial charge on any atom is -0.482 e. The van der Waals surface area contributed by atoms with E-state index < -0.39 is 29.4 Å². The van der Waals surface area contributed by atoms with E-state index in [0.717, 1.165) is 45.2 Å². The number of rotatable bonds is 9. The molecule has 188 valence electrons. The second kappa shape index (κ2) is 11.8. The number of hydrogen-bond donors (Lipinski definition) is 2. The number of amides is 2. The molecule has 1 heterocycles. The zero-order chi connectivity index (χ0) is 24.9. The number of halogens is 3. The highest BCUT2D eigenvalue weighted by Crippen LogP contribution is 2.34. The number of nitrogens with one attached hydrogen (secondary N) is 1. The van der Waals surface area contributed by atoms with Gasteiger partial charge in [0.05, 0.1) is 15.1 Å². The molecule has 1 aromatic rings. The highest BCUT2D eigenvalue weighted by Gasteiger charge is 2.43. The number of ether oxygens (including phenoxy) is 1. The van der Waals surface area contributed by atoms with Gasteiger partial charge in [0.15, 0.2) is 6.61 Å². The second-order valence-corrected chi connectivity index (χ2v) is 10.2. The Kier molecular flexibility index (Phi) is 9.32. The van der Waals surface area contributed by atoms with Crippen molar-refractivity contribution in [3.05, 3.63) is 27.2 Å². The Labute approximate surface area is 214 Å². The number of likely N-dealkylation sites (N-methyl/N-ethyl adjacent to an activating group) is 1. The van der Waals surface area contributed by atoms with E-state index in [4.69, 9.17) is 39.5 Å². The zero-order valence-corrected chi connectivity index (χ0v) is 21.4. The van der Waals surface area contributed by atoms with E-state index in [1.54, 1.807) is 0 Å². The average Bonchev–Trinajstić information content (AvgIpc) is 3.32. The fraction of sp³-hybridized carbons (Fsp3) is 0.609. The van der Waals surface area contributed by atoms with Crippen molar-refractivity contribution in [1.82, 2.24) is 15.1 Å². The van der Waals surface area contributed by atoms with Gasteiger partial charge in [-0.25, -0.2) is 4.79 Å². The molecule has 11 heteroatoms. The molecule has 2 fully saturated rings. The number of benzene rings is 1. The van der Waals surface area contributed by atoms with Crippen LogP contribution in [0.4, 0.5) is 0 Å². The van der Waals surface area contributed by atoms with Gasteiger partial charge < -0.3 is 25.0 Å². The summed E-state index contributed by atoms with van der Waals surface area (Å²) in [6.45, 7) is 1.59. The molecule has 0 bridgehead atoms. The summed E-state index contributed by atoms with van der Waals surface area (Å²) in [7, 11) is 1.52. The standard InChI is InChI=1S/C23H30Cl3N3O5/c1-28(20(30)14-34-19-12-16(25)15(24)11-17(19)26)18(13-29-9-5-6-10-29)21(31)27-23(22(32)33)7-3-2-4-8-23/h11-12,18H,2-10,13-14H2,1H3,(H,27,31)(H,32,33). The molecule has 0 spiro atoms. The number of carboxylic acid groups (broad SMARTS) is 1. The lowest BCUT2D eigenvalue weighted by Gasteiger charge is -2.37. The molecule has 1 aliphatic heterocycles. The summed E-state index contributed by atoms with van der Waals surface area (Å²) in [5, 5.41) is 13.4. The van der Waals surface area contributed by atoms with Crippen LogP contribution in [0.1, 0.15) is 44.9 Å². The number of carbonyl (C=O) groups is 3. The quantitative estimate of drug-likeness (QED) is 0.467. The van der Waals surface area contributed by atoms with E-state index in [1.807, 2.05) is 0 Å². The summed E-state index contributed by atoms with van der Waals surface area (Å²) in [4.78, 5) is 41.9. The molecule has 2 aliphatic rings. The first-order valence-electron chi connectivity index (χ1n) is 11.4. The normalized spacial score (nSPS) is 18.8. The van der Waals surface area contributed by atoms with Crippen molar-refractivity contribution in [2.24, 2.45) is 0 Å². The first-order chi connectivity index (χ1) is 16.1. The van der Waals surface area contributed by atoms with Gasteiger partial charge in [0, 0.05) is 19.7 Å². The zero-order valence-electron chi connectivity index (χ0n) is 19.1. The van der Waals surface area contributed by atoms with Crippen LogP contribution >= 0.6 is 34.8 Å². The Balaban J connectivity index is 1.73. The Morgan fingerprint density at radius 2 is 1.68 bits per heavy atom. The van der Waals surface area contributed by atoms with Crippen LogP contribution < -0.4 is 10.1 Å². The first-order valence-corrected chi connectivity index (χ1v) is 12.6. The number of carboxylic acids is 1. The first kappa shape index (κ1) is 26.9. The predicted octanol–water partition coefficient (Wildman–Crippen LogP) is 3.85. The third kappa shape index (κ3) is 6.47. The molecule has 34 heavy (non-hydrogen) atoms. The van der Waals surface area contributed by atoms with E-state index in [0.29, 0.717) is 19.4 Å². The lowest BCUT2D eigenvalue weighted by Crippen LogP contribution is -2.62. The Bertz CT molecular complexity index is 917. The highest BCUT2D eigenvalue weighted by atomic mass is 35.5. The van der Waals surface area contributed by atoms with Gasteiger partial charge in [0.25, 0.3) is 5.91 Å². The molecule has 0 aromatic heterocycles. The van der Waals surface area contributed by atoms with Crippen LogP contribution in [0.2, 0.25) is 15.1 Å². The van der Waals surface area contributed by atoms with Crippen molar-refractivity contribution in [1.29, 1.82) is 0 Å². The molecular weight excluding hydrogens is 505 g/mol. The van der Waals surface area contributed by atoms with Gasteiger partial charge in [-0.2, -0.15) is 0 Å². The van der Waals surface area contributed by atoms with Crippen molar-refractivity contribution >= 4 is 52.6 Å². The maximum absolute atomic E-state index is 13.4. The maximum atomic E-state index is 13.4. The van der Waals surface area contributed by atoms with Crippen LogP contribution in [0.3, 0.4) is 0 Å². The number of aliphatic carboxylic acids is 1. The largest absolute Gasteiger partial charge is 0.482 e. The molecule has 1 atom stereocenters. The number of likely N-dealkylation sites (tertiary alicyclic amines) is 1. The summed E-state index contributed by atoms with van der Waals surface area (Å²) in [5.74, 6) is -1.76. The summed E-state index contributed by atoms with van der Waals surface area (Å²) >= 11 is 18.1. The topological polar surface area (TPSA) is 99.2 Å². The number of nitrogens with zero attached hydrogens (tertiary/aromatic N) is 2. The third-order valence-corrected chi connectivity index (χ3v) is 7.62. The molecule has 8 nitrogen and oxygen atoms in total. The predicted molar refractivity (Wildman–Crippen MR) is 131 cm³/mol. The lowest BCUT2D eigenvalue weighted by molar-refractivity contribution is -0.151. The van der Waals surface area contributed by atoms with Gasteiger partial charge in [-0.3, -0.25) is 9.59 Å². The van der Waals surface area contributed by atoms with Crippen molar-refractivity contribution in [3.8, 4) is 5.75 Å². The van der Waals surface area contributed by atoms with Gasteiger partial charge in [-0.05, 0) is 44.8 Å². The van der Waals surface area contributed by atoms with Crippen molar-refractivity contribution in [3.63, 3.8) is 0 Å². The minimum atomic E-state index is -1.30. The van der Waals surface area contributed by atoms with Gasteiger partial charge in [0.1, 0.15) is 17.3 Å². The van der Waals surface area contributed by atoms with Crippen LogP contribution in [0, 0.1) is 0 Å². The van der Waals surface area contributed by atoms with Crippen LogP contribution in [0.15, 0.2) is 12.1 Å². The second-order valence-electron chi connectivity index (χ2n) is 8.95. The van der Waals surface area contributed by atoms with Crippen LogP contribution in [0.25, 0.3) is 0 Å². The number of hydrogen-bond acceptors (Lipinski definition) is 5. The molecule has 1 saturated carbocycles. The fourth-order valence-electron chi connectivity index (χ4n) is 4.49.